The molecule has 2 aromatic rings. The summed E-state index contributed by atoms with van der Waals surface area (Å²) in [5, 5.41) is 12.5. The average Bonchev–Trinajstić information content (AvgIpc) is 3.09. The topological polar surface area (TPSA) is 101 Å². The van der Waals surface area contributed by atoms with E-state index in [4.69, 9.17) is 5.73 Å². The number of fused-ring (bicyclic) bond motifs is 1. The molecule has 13 heteroatoms. The number of halogens is 6. The summed E-state index contributed by atoms with van der Waals surface area (Å²) in [6, 6.07) is 0.355. The van der Waals surface area contributed by atoms with Crippen molar-refractivity contribution in [3.05, 3.63) is 58.7 Å². The fourth-order valence-corrected chi connectivity index (χ4v) is 3.00. The Kier molecular flexibility index (Phi) is 5.81. The monoisotopic (exact) mass is 448 g/mol. The number of carbonyl (C=O) groups is 2. The smallest absolute Gasteiger partial charge is 0.435 e. The molecular weight excluding hydrogens is 434 g/mol. The summed E-state index contributed by atoms with van der Waals surface area (Å²) >= 11 is 0. The SMILES string of the molecule is N[C@@H](CC(=O)N1C=C(C(=O)O)Cn2nc(C(F)(F)F)cc21)Cc1cc(F)c(F)cc1F. The van der Waals surface area contributed by atoms with Gasteiger partial charge >= 0.3 is 12.1 Å². The van der Waals surface area contributed by atoms with Crippen molar-refractivity contribution in [2.45, 2.75) is 31.6 Å². The number of aromatic nitrogens is 2. The highest BCUT2D eigenvalue weighted by molar-refractivity contribution is 5.98. The fourth-order valence-electron chi connectivity index (χ4n) is 3.00. The Bertz CT molecular complexity index is 1080. The van der Waals surface area contributed by atoms with Gasteiger partial charge in [-0.3, -0.25) is 9.69 Å². The van der Waals surface area contributed by atoms with Crippen LogP contribution < -0.4 is 10.6 Å². The van der Waals surface area contributed by atoms with E-state index >= 15 is 0 Å². The first-order valence-electron chi connectivity index (χ1n) is 8.67. The van der Waals surface area contributed by atoms with Gasteiger partial charge in [-0.1, -0.05) is 0 Å². The van der Waals surface area contributed by atoms with Crippen LogP contribution in [0.25, 0.3) is 0 Å². The lowest BCUT2D eigenvalue weighted by Crippen LogP contribution is -2.37. The molecule has 1 aromatic heterocycles. The van der Waals surface area contributed by atoms with Gasteiger partial charge in [-0.2, -0.15) is 18.3 Å². The van der Waals surface area contributed by atoms with Crippen molar-refractivity contribution >= 4 is 17.7 Å². The lowest BCUT2D eigenvalue weighted by Gasteiger charge is -2.26. The highest BCUT2D eigenvalue weighted by Gasteiger charge is 2.38. The number of carbonyl (C=O) groups excluding carboxylic acids is 1. The lowest BCUT2D eigenvalue weighted by atomic mass is 10.0. The molecule has 1 aromatic carbocycles. The number of hydrogen-bond donors (Lipinski definition) is 2. The van der Waals surface area contributed by atoms with Crippen LogP contribution in [0.15, 0.2) is 30.0 Å². The minimum absolute atomic E-state index is 0.302. The summed E-state index contributed by atoms with van der Waals surface area (Å²) in [4.78, 5) is 24.6. The number of carboxylic acid groups (broad SMARTS) is 1. The van der Waals surface area contributed by atoms with E-state index in [1.54, 1.807) is 0 Å². The van der Waals surface area contributed by atoms with Gasteiger partial charge in [0.1, 0.15) is 11.6 Å². The van der Waals surface area contributed by atoms with Gasteiger partial charge in [0.15, 0.2) is 17.3 Å². The second-order valence-electron chi connectivity index (χ2n) is 6.79. The summed E-state index contributed by atoms with van der Waals surface area (Å²) < 4.78 is 79.8. The molecule has 0 spiro atoms. The molecule has 1 atom stereocenters. The Morgan fingerprint density at radius 3 is 2.39 bits per heavy atom. The maximum atomic E-state index is 13.8. The highest BCUT2D eigenvalue weighted by atomic mass is 19.4. The standard InChI is InChI=1S/C18H14F6N4O3/c19-11-4-13(21)12(20)2-8(11)1-10(25)3-16(29)27-6-9(17(30)31)7-28-15(27)5-14(26-28)18(22,23)24/h2,4-6,10H,1,3,7,25H2,(H,30,31)/t10-/m1/s1. The fraction of sp³-hybridized carbons (Fsp3) is 0.278. The zero-order valence-electron chi connectivity index (χ0n) is 15.5. The van der Waals surface area contributed by atoms with Crippen LogP contribution >= 0.6 is 0 Å². The molecule has 0 unspecified atom stereocenters. The molecule has 1 aliphatic heterocycles. The van der Waals surface area contributed by atoms with Crippen LogP contribution in [0, 0.1) is 17.5 Å². The number of alkyl halides is 3. The van der Waals surface area contributed by atoms with Crippen LogP contribution in [-0.2, 0) is 28.7 Å². The summed E-state index contributed by atoms with van der Waals surface area (Å²) in [5.74, 6) is -6.50. The van der Waals surface area contributed by atoms with Crippen LogP contribution in [0.1, 0.15) is 17.7 Å². The molecule has 0 bridgehead atoms. The largest absolute Gasteiger partial charge is 0.478 e. The van der Waals surface area contributed by atoms with Crippen molar-refractivity contribution in [2.24, 2.45) is 5.73 Å². The van der Waals surface area contributed by atoms with Crippen molar-refractivity contribution in [1.29, 1.82) is 0 Å². The molecule has 0 radical (unpaired) electrons. The van der Waals surface area contributed by atoms with Crippen molar-refractivity contribution in [2.75, 3.05) is 4.90 Å². The van der Waals surface area contributed by atoms with E-state index in [0.717, 1.165) is 6.20 Å². The van der Waals surface area contributed by atoms with Crippen LogP contribution in [0.3, 0.4) is 0 Å². The predicted molar refractivity (Wildman–Crippen MR) is 93.0 cm³/mol. The van der Waals surface area contributed by atoms with Crippen LogP contribution in [0.5, 0.6) is 0 Å². The van der Waals surface area contributed by atoms with E-state index in [0.29, 0.717) is 27.8 Å². The molecule has 0 saturated carbocycles. The lowest BCUT2D eigenvalue weighted by molar-refractivity contribution is -0.141. The molecule has 0 aliphatic carbocycles. The Morgan fingerprint density at radius 1 is 1.13 bits per heavy atom. The zero-order valence-corrected chi connectivity index (χ0v) is 15.5. The Balaban J connectivity index is 1.84. The van der Waals surface area contributed by atoms with Crippen molar-refractivity contribution in [3.8, 4) is 0 Å². The maximum Gasteiger partial charge on any atom is 0.435 e. The third-order valence-corrected chi connectivity index (χ3v) is 4.45. The van der Waals surface area contributed by atoms with E-state index in [9.17, 15) is 41.0 Å². The van der Waals surface area contributed by atoms with Crippen molar-refractivity contribution in [3.63, 3.8) is 0 Å². The van der Waals surface area contributed by atoms with E-state index in [1.165, 1.54) is 0 Å². The van der Waals surface area contributed by atoms with Gasteiger partial charge in [0.25, 0.3) is 0 Å². The van der Waals surface area contributed by atoms with Crippen LogP contribution in [0.2, 0.25) is 0 Å². The highest BCUT2D eigenvalue weighted by Crippen LogP contribution is 2.33. The van der Waals surface area contributed by atoms with E-state index in [1.807, 2.05) is 0 Å². The second kappa shape index (κ2) is 8.06. The maximum absolute atomic E-state index is 13.8. The van der Waals surface area contributed by atoms with Gasteiger partial charge in [0.05, 0.1) is 12.1 Å². The minimum Gasteiger partial charge on any atom is -0.478 e. The van der Waals surface area contributed by atoms with Gasteiger partial charge in [0.2, 0.25) is 5.91 Å². The molecule has 1 aliphatic rings. The number of carboxylic acids is 1. The number of amides is 1. The Hall–Kier alpha value is -3.35. The molecule has 31 heavy (non-hydrogen) atoms. The summed E-state index contributed by atoms with van der Waals surface area (Å²) in [7, 11) is 0. The Morgan fingerprint density at radius 2 is 1.77 bits per heavy atom. The van der Waals surface area contributed by atoms with Crippen LogP contribution in [0.4, 0.5) is 32.2 Å². The van der Waals surface area contributed by atoms with Gasteiger partial charge in [0, 0.05) is 30.8 Å². The molecule has 0 saturated heterocycles. The molecule has 166 valence electrons. The zero-order chi connectivity index (χ0) is 23.1. The minimum atomic E-state index is -4.83. The molecule has 1 amide bonds. The number of aliphatic carboxylic acids is 1. The number of anilines is 1. The number of benzene rings is 1. The molecule has 0 fully saturated rings. The average molecular weight is 448 g/mol. The van der Waals surface area contributed by atoms with Crippen molar-refractivity contribution < 1.29 is 41.0 Å². The second-order valence-corrected chi connectivity index (χ2v) is 6.79. The quantitative estimate of drug-likeness (QED) is 0.541. The Labute approximate surface area is 170 Å². The predicted octanol–water partition coefficient (Wildman–Crippen LogP) is 2.59. The summed E-state index contributed by atoms with van der Waals surface area (Å²) in [6.07, 6.45) is -4.92. The number of rotatable bonds is 5. The normalized spacial score (nSPS) is 14.8. The van der Waals surface area contributed by atoms with E-state index in [2.05, 4.69) is 5.10 Å². The van der Waals surface area contributed by atoms with Crippen molar-refractivity contribution in [1.82, 2.24) is 9.78 Å². The summed E-state index contributed by atoms with van der Waals surface area (Å²) in [5.41, 5.74) is 3.76. The molecule has 7 nitrogen and oxygen atoms in total. The van der Waals surface area contributed by atoms with Crippen LogP contribution in [-0.4, -0.2) is 32.8 Å². The number of nitrogens with zero attached hydrogens (tertiary/aromatic N) is 3. The molecule has 3 rings (SSSR count). The van der Waals surface area contributed by atoms with Gasteiger partial charge in [-0.15, -0.1) is 0 Å². The van der Waals surface area contributed by atoms with Gasteiger partial charge in [-0.05, 0) is 18.1 Å². The van der Waals surface area contributed by atoms with Gasteiger partial charge < -0.3 is 10.8 Å². The number of nitrogens with two attached hydrogens (primary N) is 1. The number of hydrogen-bond acceptors (Lipinski definition) is 4. The third-order valence-electron chi connectivity index (χ3n) is 4.45. The van der Waals surface area contributed by atoms with E-state index in [-0.39, 0.29) is 17.8 Å². The first-order chi connectivity index (χ1) is 14.4. The van der Waals surface area contributed by atoms with E-state index < -0.39 is 65.8 Å². The third kappa shape index (κ3) is 4.71. The molecular formula is C18H14F6N4O3. The first kappa shape index (κ1) is 22.3. The summed E-state index contributed by atoms with van der Waals surface area (Å²) in [6.45, 7) is -0.503. The first-order valence-corrected chi connectivity index (χ1v) is 8.67. The van der Waals surface area contributed by atoms with Gasteiger partial charge in [-0.25, -0.2) is 22.6 Å². The molecule has 3 N–H and O–H groups in total. The molecule has 2 heterocycles.